The van der Waals surface area contributed by atoms with E-state index in [9.17, 15) is 13.9 Å². The highest BCUT2D eigenvalue weighted by Crippen LogP contribution is 2.21. The van der Waals surface area contributed by atoms with Crippen LogP contribution in [0.2, 0.25) is 0 Å². The third-order valence-electron chi connectivity index (χ3n) is 2.29. The molecule has 1 aromatic rings. The minimum absolute atomic E-state index is 0.137. The number of ether oxygens (including phenoxy) is 1. The molecule has 1 N–H and O–H groups in total. The van der Waals surface area contributed by atoms with E-state index in [2.05, 4.69) is 0 Å². The van der Waals surface area contributed by atoms with Gasteiger partial charge in [0, 0.05) is 24.8 Å². The van der Waals surface area contributed by atoms with E-state index in [-0.39, 0.29) is 5.56 Å². The molecule has 0 spiro atoms. The molecule has 4 heteroatoms. The molecule has 0 radical (unpaired) electrons. The molecule has 0 fully saturated rings. The van der Waals surface area contributed by atoms with Crippen molar-refractivity contribution in [3.05, 3.63) is 35.4 Å². The zero-order chi connectivity index (χ0) is 12.0. The summed E-state index contributed by atoms with van der Waals surface area (Å²) in [4.78, 5) is 0. The molecule has 0 aliphatic rings. The maximum absolute atomic E-state index is 13.2. The van der Waals surface area contributed by atoms with E-state index in [1.165, 1.54) is 6.07 Å². The van der Waals surface area contributed by atoms with Crippen molar-refractivity contribution in [2.75, 3.05) is 13.2 Å². The van der Waals surface area contributed by atoms with Gasteiger partial charge in [-0.05, 0) is 25.8 Å². The Hall–Kier alpha value is -1.00. The first kappa shape index (κ1) is 13.1. The van der Waals surface area contributed by atoms with Gasteiger partial charge in [-0.1, -0.05) is 6.07 Å². The first-order valence-corrected chi connectivity index (χ1v) is 5.36. The van der Waals surface area contributed by atoms with Gasteiger partial charge in [0.05, 0.1) is 6.10 Å². The van der Waals surface area contributed by atoms with Crippen LogP contribution in [-0.2, 0) is 4.74 Å². The van der Waals surface area contributed by atoms with Crippen molar-refractivity contribution in [2.24, 2.45) is 0 Å². The summed E-state index contributed by atoms with van der Waals surface area (Å²) in [5.74, 6) is -1.34. The van der Waals surface area contributed by atoms with Crippen LogP contribution in [0.3, 0.4) is 0 Å². The van der Waals surface area contributed by atoms with Crippen molar-refractivity contribution in [3.63, 3.8) is 0 Å². The standard InChI is InChI=1S/C12H16F2O2/c1-2-16-7-3-4-12(15)10-6-5-9(13)8-11(10)14/h5-6,8,12,15H,2-4,7H2,1H3. The highest BCUT2D eigenvalue weighted by atomic mass is 19.1. The summed E-state index contributed by atoms with van der Waals surface area (Å²) >= 11 is 0. The minimum Gasteiger partial charge on any atom is -0.388 e. The zero-order valence-electron chi connectivity index (χ0n) is 9.25. The summed E-state index contributed by atoms with van der Waals surface area (Å²) in [5.41, 5.74) is 0.137. The van der Waals surface area contributed by atoms with E-state index in [1.54, 1.807) is 0 Å². The second kappa shape index (κ2) is 6.55. The van der Waals surface area contributed by atoms with E-state index < -0.39 is 17.7 Å². The molecule has 0 aliphatic carbocycles. The number of aliphatic hydroxyl groups excluding tert-OH is 1. The average molecular weight is 230 g/mol. The number of rotatable bonds is 6. The van der Waals surface area contributed by atoms with E-state index in [0.29, 0.717) is 26.1 Å². The Morgan fingerprint density at radius 3 is 2.75 bits per heavy atom. The zero-order valence-corrected chi connectivity index (χ0v) is 9.25. The molecule has 0 amide bonds. The Bertz CT molecular complexity index is 329. The van der Waals surface area contributed by atoms with Crippen molar-refractivity contribution in [1.82, 2.24) is 0 Å². The fraction of sp³-hybridized carbons (Fsp3) is 0.500. The molecular formula is C12H16F2O2. The van der Waals surface area contributed by atoms with Gasteiger partial charge in [0.2, 0.25) is 0 Å². The summed E-state index contributed by atoms with van der Waals surface area (Å²) < 4.78 is 31.0. The van der Waals surface area contributed by atoms with Crippen molar-refractivity contribution >= 4 is 0 Å². The smallest absolute Gasteiger partial charge is 0.131 e. The van der Waals surface area contributed by atoms with Crippen molar-refractivity contribution in [3.8, 4) is 0 Å². The van der Waals surface area contributed by atoms with Gasteiger partial charge in [-0.3, -0.25) is 0 Å². The maximum Gasteiger partial charge on any atom is 0.131 e. The molecule has 1 aromatic carbocycles. The van der Waals surface area contributed by atoms with E-state index in [4.69, 9.17) is 4.74 Å². The van der Waals surface area contributed by atoms with Gasteiger partial charge in [0.25, 0.3) is 0 Å². The maximum atomic E-state index is 13.2. The molecule has 0 heterocycles. The predicted octanol–water partition coefficient (Wildman–Crippen LogP) is 2.81. The van der Waals surface area contributed by atoms with Crippen molar-refractivity contribution < 1.29 is 18.6 Å². The Balaban J connectivity index is 2.49. The summed E-state index contributed by atoms with van der Waals surface area (Å²) in [6, 6.07) is 3.20. The highest BCUT2D eigenvalue weighted by molar-refractivity contribution is 5.20. The van der Waals surface area contributed by atoms with Crippen molar-refractivity contribution in [1.29, 1.82) is 0 Å². The van der Waals surface area contributed by atoms with Crippen LogP contribution in [0.15, 0.2) is 18.2 Å². The number of hydrogen-bond acceptors (Lipinski definition) is 2. The molecular weight excluding hydrogens is 214 g/mol. The third kappa shape index (κ3) is 3.87. The molecule has 2 nitrogen and oxygen atoms in total. The molecule has 0 saturated carbocycles. The lowest BCUT2D eigenvalue weighted by Crippen LogP contribution is -2.03. The van der Waals surface area contributed by atoms with Crippen molar-refractivity contribution in [2.45, 2.75) is 25.9 Å². The normalized spacial score (nSPS) is 12.8. The number of aliphatic hydroxyl groups is 1. The molecule has 0 aliphatic heterocycles. The van der Waals surface area contributed by atoms with Gasteiger partial charge < -0.3 is 9.84 Å². The molecule has 0 bridgehead atoms. The topological polar surface area (TPSA) is 29.5 Å². The lowest BCUT2D eigenvalue weighted by Gasteiger charge is -2.11. The first-order valence-electron chi connectivity index (χ1n) is 5.36. The van der Waals surface area contributed by atoms with Crippen LogP contribution in [0.4, 0.5) is 8.78 Å². The second-order valence-corrected chi connectivity index (χ2v) is 3.52. The quantitative estimate of drug-likeness (QED) is 0.761. The van der Waals surface area contributed by atoms with Crippen LogP contribution in [0.5, 0.6) is 0 Å². The molecule has 1 unspecified atom stereocenters. The molecule has 1 atom stereocenters. The van der Waals surface area contributed by atoms with E-state index in [1.807, 2.05) is 6.92 Å². The summed E-state index contributed by atoms with van der Waals surface area (Å²) in [7, 11) is 0. The van der Waals surface area contributed by atoms with Gasteiger partial charge in [0.15, 0.2) is 0 Å². The van der Waals surface area contributed by atoms with Gasteiger partial charge in [0.1, 0.15) is 11.6 Å². The van der Waals surface area contributed by atoms with E-state index in [0.717, 1.165) is 12.1 Å². The molecule has 1 rings (SSSR count). The molecule has 16 heavy (non-hydrogen) atoms. The Kier molecular flexibility index (Phi) is 5.35. The van der Waals surface area contributed by atoms with Gasteiger partial charge >= 0.3 is 0 Å². The van der Waals surface area contributed by atoms with Gasteiger partial charge in [-0.2, -0.15) is 0 Å². The first-order chi connectivity index (χ1) is 7.65. The molecule has 90 valence electrons. The lowest BCUT2D eigenvalue weighted by molar-refractivity contribution is 0.113. The number of hydrogen-bond donors (Lipinski definition) is 1. The van der Waals surface area contributed by atoms with Gasteiger partial charge in [-0.25, -0.2) is 8.78 Å². The Morgan fingerprint density at radius 2 is 2.12 bits per heavy atom. The summed E-state index contributed by atoms with van der Waals surface area (Å²) in [6.07, 6.45) is 0.148. The van der Waals surface area contributed by atoms with Crippen LogP contribution in [0.1, 0.15) is 31.4 Å². The highest BCUT2D eigenvalue weighted by Gasteiger charge is 2.12. The fourth-order valence-electron chi connectivity index (χ4n) is 1.45. The van der Waals surface area contributed by atoms with Crippen LogP contribution in [-0.4, -0.2) is 18.3 Å². The van der Waals surface area contributed by atoms with Crippen LogP contribution < -0.4 is 0 Å². The third-order valence-corrected chi connectivity index (χ3v) is 2.29. The van der Waals surface area contributed by atoms with Crippen LogP contribution in [0.25, 0.3) is 0 Å². The summed E-state index contributed by atoms with van der Waals surface area (Å²) in [6.45, 7) is 3.05. The Morgan fingerprint density at radius 1 is 1.38 bits per heavy atom. The minimum atomic E-state index is -0.902. The predicted molar refractivity (Wildman–Crippen MR) is 57.0 cm³/mol. The molecule has 0 aromatic heterocycles. The van der Waals surface area contributed by atoms with Gasteiger partial charge in [-0.15, -0.1) is 0 Å². The van der Waals surface area contributed by atoms with Crippen LogP contribution >= 0.6 is 0 Å². The largest absolute Gasteiger partial charge is 0.388 e. The SMILES string of the molecule is CCOCCCC(O)c1ccc(F)cc1F. The summed E-state index contributed by atoms with van der Waals surface area (Å²) in [5, 5.41) is 9.67. The number of halogens is 2. The number of benzene rings is 1. The lowest BCUT2D eigenvalue weighted by atomic mass is 10.0. The average Bonchev–Trinajstić information content (AvgIpc) is 2.24. The monoisotopic (exact) mass is 230 g/mol. The Labute approximate surface area is 93.9 Å². The van der Waals surface area contributed by atoms with Crippen LogP contribution in [0, 0.1) is 11.6 Å². The fourth-order valence-corrected chi connectivity index (χ4v) is 1.45. The molecule has 0 saturated heterocycles. The van der Waals surface area contributed by atoms with E-state index >= 15 is 0 Å². The second-order valence-electron chi connectivity index (χ2n) is 3.52.